The molecule has 1 N–H and O–H groups in total. The number of ether oxygens (including phenoxy) is 1. The fourth-order valence-electron chi connectivity index (χ4n) is 1.76. The molecule has 1 heterocycles. The van der Waals surface area contributed by atoms with Gasteiger partial charge in [0.2, 0.25) is 5.91 Å². The van der Waals surface area contributed by atoms with Gasteiger partial charge in [-0.25, -0.2) is 0 Å². The molecule has 14 heavy (non-hydrogen) atoms. The Labute approximate surface area is 84.8 Å². The van der Waals surface area contributed by atoms with E-state index in [0.29, 0.717) is 13.0 Å². The standard InChI is InChI=1S/C10H19NO3/c1-7-6-9(14-3)11(10(7)13)5-4-8(2)12/h7-9,12H,4-6H2,1-3H3. The highest BCUT2D eigenvalue weighted by Gasteiger charge is 2.36. The van der Waals surface area contributed by atoms with Crippen LogP contribution in [-0.4, -0.2) is 41.9 Å². The van der Waals surface area contributed by atoms with Crippen LogP contribution in [0.1, 0.15) is 26.7 Å². The van der Waals surface area contributed by atoms with Gasteiger partial charge in [-0.15, -0.1) is 0 Å². The Hall–Kier alpha value is -0.610. The molecule has 0 radical (unpaired) electrons. The zero-order valence-electron chi connectivity index (χ0n) is 9.06. The van der Waals surface area contributed by atoms with Crippen LogP contribution < -0.4 is 0 Å². The number of rotatable bonds is 4. The van der Waals surface area contributed by atoms with Crippen LogP contribution in [0.25, 0.3) is 0 Å². The smallest absolute Gasteiger partial charge is 0.227 e. The molecule has 3 unspecified atom stereocenters. The number of aliphatic hydroxyl groups excluding tert-OH is 1. The third-order valence-electron chi connectivity index (χ3n) is 2.67. The molecule has 3 atom stereocenters. The van der Waals surface area contributed by atoms with E-state index >= 15 is 0 Å². The third kappa shape index (κ3) is 2.45. The summed E-state index contributed by atoms with van der Waals surface area (Å²) < 4.78 is 5.22. The lowest BCUT2D eigenvalue weighted by atomic mass is 10.1. The van der Waals surface area contributed by atoms with Gasteiger partial charge >= 0.3 is 0 Å². The van der Waals surface area contributed by atoms with Gasteiger partial charge in [0.25, 0.3) is 0 Å². The fraction of sp³-hybridized carbons (Fsp3) is 0.900. The summed E-state index contributed by atoms with van der Waals surface area (Å²) in [6, 6.07) is 0. The van der Waals surface area contributed by atoms with Crippen LogP contribution in [-0.2, 0) is 9.53 Å². The normalized spacial score (nSPS) is 29.7. The molecule has 0 aromatic rings. The van der Waals surface area contributed by atoms with E-state index in [-0.39, 0.29) is 24.2 Å². The third-order valence-corrected chi connectivity index (χ3v) is 2.67. The molecular weight excluding hydrogens is 182 g/mol. The zero-order valence-corrected chi connectivity index (χ0v) is 9.06. The second kappa shape index (κ2) is 4.75. The maximum Gasteiger partial charge on any atom is 0.227 e. The van der Waals surface area contributed by atoms with Gasteiger partial charge in [0.05, 0.1) is 6.10 Å². The van der Waals surface area contributed by atoms with E-state index < -0.39 is 0 Å². The van der Waals surface area contributed by atoms with Crippen molar-refractivity contribution in [3.05, 3.63) is 0 Å². The molecule has 0 aromatic carbocycles. The molecule has 1 aliphatic heterocycles. The molecule has 1 fully saturated rings. The molecule has 1 saturated heterocycles. The Morgan fingerprint density at radius 2 is 2.36 bits per heavy atom. The van der Waals surface area contributed by atoms with E-state index in [1.807, 2.05) is 6.92 Å². The Bertz CT molecular complexity index is 206. The lowest BCUT2D eigenvalue weighted by Gasteiger charge is -2.23. The van der Waals surface area contributed by atoms with Gasteiger partial charge < -0.3 is 14.7 Å². The Balaban J connectivity index is 2.51. The lowest BCUT2D eigenvalue weighted by Crippen LogP contribution is -2.36. The summed E-state index contributed by atoms with van der Waals surface area (Å²) >= 11 is 0. The summed E-state index contributed by atoms with van der Waals surface area (Å²) in [6.45, 7) is 4.22. The number of aliphatic hydroxyl groups is 1. The van der Waals surface area contributed by atoms with E-state index in [0.717, 1.165) is 6.42 Å². The Kier molecular flexibility index (Phi) is 3.89. The maximum absolute atomic E-state index is 11.7. The number of amides is 1. The quantitative estimate of drug-likeness (QED) is 0.724. The van der Waals surface area contributed by atoms with Crippen molar-refractivity contribution in [1.82, 2.24) is 4.90 Å². The lowest BCUT2D eigenvalue weighted by molar-refractivity contribution is -0.137. The van der Waals surface area contributed by atoms with Gasteiger partial charge in [-0.2, -0.15) is 0 Å². The first kappa shape index (κ1) is 11.5. The molecule has 1 rings (SSSR count). The van der Waals surface area contributed by atoms with Crippen LogP contribution >= 0.6 is 0 Å². The topological polar surface area (TPSA) is 49.8 Å². The molecule has 0 aromatic heterocycles. The van der Waals surface area contributed by atoms with E-state index in [4.69, 9.17) is 9.84 Å². The minimum Gasteiger partial charge on any atom is -0.393 e. The molecule has 1 aliphatic rings. The van der Waals surface area contributed by atoms with Gasteiger partial charge in [-0.1, -0.05) is 6.92 Å². The summed E-state index contributed by atoms with van der Waals surface area (Å²) in [7, 11) is 1.62. The Morgan fingerprint density at radius 1 is 1.71 bits per heavy atom. The number of nitrogens with zero attached hydrogens (tertiary/aromatic N) is 1. The van der Waals surface area contributed by atoms with Crippen LogP contribution in [0.15, 0.2) is 0 Å². The van der Waals surface area contributed by atoms with Crippen LogP contribution in [0.4, 0.5) is 0 Å². The molecule has 4 heteroatoms. The number of hydrogen-bond acceptors (Lipinski definition) is 3. The average molecular weight is 201 g/mol. The highest BCUT2D eigenvalue weighted by Crippen LogP contribution is 2.24. The number of likely N-dealkylation sites (tertiary alicyclic amines) is 1. The van der Waals surface area contributed by atoms with E-state index in [1.54, 1.807) is 18.9 Å². The summed E-state index contributed by atoms with van der Waals surface area (Å²) in [5.74, 6) is 0.187. The number of carbonyl (C=O) groups is 1. The second-order valence-electron chi connectivity index (χ2n) is 4.00. The molecule has 0 spiro atoms. The van der Waals surface area contributed by atoms with Gasteiger partial charge in [-0.3, -0.25) is 4.79 Å². The van der Waals surface area contributed by atoms with Crippen LogP contribution in [0.5, 0.6) is 0 Å². The number of methoxy groups -OCH3 is 1. The molecule has 82 valence electrons. The van der Waals surface area contributed by atoms with Gasteiger partial charge in [0.15, 0.2) is 0 Å². The summed E-state index contributed by atoms with van der Waals surface area (Å²) in [5.41, 5.74) is 0. The molecule has 0 saturated carbocycles. The van der Waals surface area contributed by atoms with E-state index in [1.165, 1.54) is 0 Å². The average Bonchev–Trinajstić information content (AvgIpc) is 2.40. The highest BCUT2D eigenvalue weighted by molar-refractivity contribution is 5.80. The van der Waals surface area contributed by atoms with Crippen LogP contribution in [0, 0.1) is 5.92 Å². The summed E-state index contributed by atoms with van der Waals surface area (Å²) in [6.07, 6.45) is 0.903. The predicted molar refractivity (Wildman–Crippen MR) is 52.6 cm³/mol. The van der Waals surface area contributed by atoms with Crippen molar-refractivity contribution >= 4 is 5.91 Å². The monoisotopic (exact) mass is 201 g/mol. The molecule has 0 bridgehead atoms. The minimum atomic E-state index is -0.365. The van der Waals surface area contributed by atoms with Crippen LogP contribution in [0.2, 0.25) is 0 Å². The zero-order chi connectivity index (χ0) is 10.7. The minimum absolute atomic E-state index is 0.0500. The fourth-order valence-corrected chi connectivity index (χ4v) is 1.76. The van der Waals surface area contributed by atoms with Crippen molar-refractivity contribution in [2.75, 3.05) is 13.7 Å². The van der Waals surface area contributed by atoms with E-state index in [2.05, 4.69) is 0 Å². The maximum atomic E-state index is 11.7. The molecular formula is C10H19NO3. The van der Waals surface area contributed by atoms with Crippen molar-refractivity contribution in [3.8, 4) is 0 Å². The first-order valence-corrected chi connectivity index (χ1v) is 5.07. The Morgan fingerprint density at radius 3 is 2.86 bits per heavy atom. The van der Waals surface area contributed by atoms with Crippen molar-refractivity contribution < 1.29 is 14.6 Å². The van der Waals surface area contributed by atoms with Crippen molar-refractivity contribution in [2.24, 2.45) is 5.92 Å². The van der Waals surface area contributed by atoms with Crippen molar-refractivity contribution in [2.45, 2.75) is 39.0 Å². The van der Waals surface area contributed by atoms with Crippen LogP contribution in [0.3, 0.4) is 0 Å². The van der Waals surface area contributed by atoms with Gasteiger partial charge in [0, 0.05) is 26.0 Å². The first-order chi connectivity index (χ1) is 6.56. The molecule has 1 amide bonds. The predicted octanol–water partition coefficient (Wildman–Crippen LogP) is 0.598. The van der Waals surface area contributed by atoms with Crippen molar-refractivity contribution in [1.29, 1.82) is 0 Å². The van der Waals surface area contributed by atoms with E-state index in [9.17, 15) is 4.79 Å². The SMILES string of the molecule is COC1CC(C)C(=O)N1CCC(C)O. The summed E-state index contributed by atoms with van der Waals surface area (Å²) in [4.78, 5) is 13.4. The highest BCUT2D eigenvalue weighted by atomic mass is 16.5. The first-order valence-electron chi connectivity index (χ1n) is 5.07. The van der Waals surface area contributed by atoms with Gasteiger partial charge in [-0.05, 0) is 13.3 Å². The van der Waals surface area contributed by atoms with Gasteiger partial charge in [0.1, 0.15) is 6.23 Å². The summed E-state index contributed by atoms with van der Waals surface area (Å²) in [5, 5.41) is 9.15. The second-order valence-corrected chi connectivity index (χ2v) is 4.00. The molecule has 0 aliphatic carbocycles. The largest absolute Gasteiger partial charge is 0.393 e. The molecule has 4 nitrogen and oxygen atoms in total. The number of hydrogen-bond donors (Lipinski definition) is 1. The van der Waals surface area contributed by atoms with Crippen molar-refractivity contribution in [3.63, 3.8) is 0 Å². The number of carbonyl (C=O) groups excluding carboxylic acids is 1.